The molecule has 22 heavy (non-hydrogen) atoms. The van der Waals surface area contributed by atoms with Gasteiger partial charge in [0, 0.05) is 11.1 Å². The number of sulfone groups is 1. The molecule has 0 radical (unpaired) electrons. The van der Waals surface area contributed by atoms with Gasteiger partial charge in [-0.05, 0) is 24.3 Å². The van der Waals surface area contributed by atoms with Crippen LogP contribution in [0.3, 0.4) is 0 Å². The predicted molar refractivity (Wildman–Crippen MR) is 70.5 cm³/mol. The molecule has 0 saturated carbocycles. The molecule has 2 aromatic rings. The van der Waals surface area contributed by atoms with Gasteiger partial charge in [0.05, 0.1) is 9.79 Å². The van der Waals surface area contributed by atoms with Crippen molar-refractivity contribution in [3.05, 3.63) is 42.5 Å². The van der Waals surface area contributed by atoms with Gasteiger partial charge in [0.1, 0.15) is 5.75 Å². The number of alkyl halides is 2. The highest BCUT2D eigenvalue weighted by molar-refractivity contribution is 7.92. The molecule has 114 valence electrons. The number of carbonyl (C=O) groups is 1. The number of carboxylic acid groups (broad SMARTS) is 1. The van der Waals surface area contributed by atoms with Crippen molar-refractivity contribution in [2.24, 2.45) is 0 Å². The molecule has 1 N–H and O–H groups in total. The average molecular weight is 326 g/mol. The Labute approximate surface area is 123 Å². The third-order valence-electron chi connectivity index (χ3n) is 3.20. The van der Waals surface area contributed by atoms with E-state index in [1.165, 1.54) is 12.1 Å². The number of halogens is 2. The highest BCUT2D eigenvalue weighted by atomic mass is 32.2. The number of carboxylic acids is 1. The Hall–Kier alpha value is -2.48. The lowest BCUT2D eigenvalue weighted by molar-refractivity contribution is -0.210. The van der Waals surface area contributed by atoms with Crippen LogP contribution in [-0.4, -0.2) is 25.6 Å². The summed E-state index contributed by atoms with van der Waals surface area (Å²) in [5, 5.41) is 8.37. The fourth-order valence-corrected chi connectivity index (χ4v) is 3.92. The van der Waals surface area contributed by atoms with E-state index in [4.69, 9.17) is 5.11 Å². The van der Waals surface area contributed by atoms with Crippen molar-refractivity contribution < 1.29 is 31.8 Å². The van der Waals surface area contributed by atoms with Crippen molar-refractivity contribution in [2.75, 3.05) is 0 Å². The molecule has 8 heteroatoms. The number of ether oxygens (including phenoxy) is 1. The smallest absolute Gasteiger partial charge is 0.474 e. The van der Waals surface area contributed by atoms with Gasteiger partial charge in [-0.25, -0.2) is 13.2 Å². The predicted octanol–water partition coefficient (Wildman–Crippen LogP) is 2.56. The Kier molecular flexibility index (Phi) is 2.96. The molecule has 0 amide bonds. The number of hydrogen-bond donors (Lipinski definition) is 1. The zero-order valence-corrected chi connectivity index (χ0v) is 11.6. The molecule has 0 aliphatic carbocycles. The van der Waals surface area contributed by atoms with E-state index in [-0.39, 0.29) is 15.4 Å². The molecule has 2 aromatic carbocycles. The Bertz CT molecular complexity index is 890. The molecule has 0 unspecified atom stereocenters. The summed E-state index contributed by atoms with van der Waals surface area (Å²) in [5.74, 6) is -2.86. The van der Waals surface area contributed by atoms with E-state index < -0.39 is 27.7 Å². The van der Waals surface area contributed by atoms with Crippen LogP contribution in [0, 0.1) is 0 Å². The topological polar surface area (TPSA) is 80.7 Å². The van der Waals surface area contributed by atoms with Crippen LogP contribution in [0.4, 0.5) is 8.78 Å². The highest BCUT2D eigenvalue weighted by Gasteiger charge is 2.43. The minimum Gasteiger partial charge on any atom is -0.474 e. The van der Waals surface area contributed by atoms with E-state index in [0.717, 1.165) is 18.2 Å². The zero-order valence-electron chi connectivity index (χ0n) is 10.8. The van der Waals surface area contributed by atoms with E-state index in [1.54, 1.807) is 12.1 Å². The maximum absolute atomic E-state index is 13.1. The van der Waals surface area contributed by atoms with Crippen molar-refractivity contribution in [1.29, 1.82) is 0 Å². The lowest BCUT2D eigenvalue weighted by atomic mass is 10.1. The summed E-state index contributed by atoms with van der Waals surface area (Å²) in [5.41, 5.74) is 0.566. The van der Waals surface area contributed by atoms with Crippen molar-refractivity contribution in [3.63, 3.8) is 0 Å². The van der Waals surface area contributed by atoms with Gasteiger partial charge < -0.3 is 9.84 Å². The maximum atomic E-state index is 13.1. The average Bonchev–Trinajstić information content (AvgIpc) is 2.67. The molecule has 1 heterocycles. The van der Waals surface area contributed by atoms with Crippen LogP contribution >= 0.6 is 0 Å². The van der Waals surface area contributed by atoms with Crippen LogP contribution in [0.15, 0.2) is 52.3 Å². The molecule has 0 aromatic heterocycles. The molecule has 0 atom stereocenters. The van der Waals surface area contributed by atoms with Crippen LogP contribution in [-0.2, 0) is 14.6 Å². The molecule has 0 bridgehead atoms. The fraction of sp³-hybridized carbons (Fsp3) is 0.0714. The number of fused-ring (bicyclic) bond motifs is 3. The third kappa shape index (κ3) is 2.03. The van der Waals surface area contributed by atoms with Gasteiger partial charge in [-0.2, -0.15) is 8.78 Å². The van der Waals surface area contributed by atoms with Crippen LogP contribution in [0.2, 0.25) is 0 Å². The molecule has 0 saturated heterocycles. The molecular weight excluding hydrogens is 318 g/mol. The Morgan fingerprint density at radius 3 is 2.36 bits per heavy atom. The Morgan fingerprint density at radius 1 is 1.05 bits per heavy atom. The van der Waals surface area contributed by atoms with Crippen molar-refractivity contribution >= 4 is 15.8 Å². The number of aliphatic carboxylic acids is 1. The van der Waals surface area contributed by atoms with E-state index in [1.807, 2.05) is 0 Å². The zero-order chi connectivity index (χ0) is 16.1. The Morgan fingerprint density at radius 2 is 1.68 bits per heavy atom. The molecule has 0 spiro atoms. The van der Waals surface area contributed by atoms with Gasteiger partial charge >= 0.3 is 12.1 Å². The van der Waals surface area contributed by atoms with E-state index in [2.05, 4.69) is 4.74 Å². The van der Waals surface area contributed by atoms with Gasteiger partial charge in [0.2, 0.25) is 9.84 Å². The monoisotopic (exact) mass is 326 g/mol. The molecule has 1 aliphatic heterocycles. The van der Waals surface area contributed by atoms with Gasteiger partial charge in [-0.15, -0.1) is 0 Å². The van der Waals surface area contributed by atoms with Crippen molar-refractivity contribution in [1.82, 2.24) is 0 Å². The lowest BCUT2D eigenvalue weighted by Gasteiger charge is -2.13. The first kappa shape index (κ1) is 14.5. The van der Waals surface area contributed by atoms with E-state index in [0.29, 0.717) is 5.56 Å². The summed E-state index contributed by atoms with van der Waals surface area (Å²) >= 11 is 0. The summed E-state index contributed by atoms with van der Waals surface area (Å²) in [6.07, 6.45) is -4.40. The first-order valence-corrected chi connectivity index (χ1v) is 7.50. The van der Waals surface area contributed by atoms with Crippen LogP contribution < -0.4 is 4.74 Å². The van der Waals surface area contributed by atoms with Gasteiger partial charge in [0.25, 0.3) is 0 Å². The minimum atomic E-state index is -4.40. The summed E-state index contributed by atoms with van der Waals surface area (Å²) in [4.78, 5) is 10.4. The van der Waals surface area contributed by atoms with Crippen molar-refractivity contribution in [3.8, 4) is 16.9 Å². The largest absolute Gasteiger partial charge is 0.501 e. The summed E-state index contributed by atoms with van der Waals surface area (Å²) < 4.78 is 54.9. The second-order valence-corrected chi connectivity index (χ2v) is 6.47. The number of hydrogen-bond acceptors (Lipinski definition) is 4. The van der Waals surface area contributed by atoms with Crippen molar-refractivity contribution in [2.45, 2.75) is 15.9 Å². The first-order chi connectivity index (χ1) is 10.2. The second-order valence-electron chi connectivity index (χ2n) is 4.58. The maximum Gasteiger partial charge on any atom is 0.501 e. The van der Waals surface area contributed by atoms with Crippen LogP contribution in [0.25, 0.3) is 11.1 Å². The summed E-state index contributed by atoms with van der Waals surface area (Å²) in [6, 6.07) is 9.34. The Balaban J connectivity index is 2.13. The van der Waals surface area contributed by atoms with Gasteiger partial charge in [-0.1, -0.05) is 18.2 Å². The van der Waals surface area contributed by atoms with E-state index in [9.17, 15) is 22.0 Å². The summed E-state index contributed by atoms with van der Waals surface area (Å²) in [7, 11) is -3.70. The number of benzene rings is 2. The van der Waals surface area contributed by atoms with E-state index >= 15 is 0 Å². The quantitative estimate of drug-likeness (QED) is 0.800. The van der Waals surface area contributed by atoms with Crippen LogP contribution in [0.5, 0.6) is 5.75 Å². The SMILES string of the molecule is O=C(O)C(F)(F)Oc1ccc2c(c1)-c1ccccc1S2(=O)=O. The molecule has 0 fully saturated rings. The first-order valence-electron chi connectivity index (χ1n) is 6.02. The molecule has 5 nitrogen and oxygen atoms in total. The third-order valence-corrected chi connectivity index (χ3v) is 5.07. The standard InChI is InChI=1S/C14H8F2O5S/c15-14(16,13(17)18)21-8-5-6-12-10(7-8)9-3-1-2-4-11(9)22(12,19)20/h1-7H,(H,17,18). The van der Waals surface area contributed by atoms with Gasteiger partial charge in [-0.3, -0.25) is 0 Å². The summed E-state index contributed by atoms with van der Waals surface area (Å²) in [6.45, 7) is 0. The number of rotatable bonds is 3. The molecular formula is C14H8F2O5S. The minimum absolute atomic E-state index is 0.0281. The molecule has 3 rings (SSSR count). The normalized spacial score (nSPS) is 15.0. The second kappa shape index (κ2) is 4.51. The lowest BCUT2D eigenvalue weighted by Crippen LogP contribution is -2.34. The highest BCUT2D eigenvalue weighted by Crippen LogP contribution is 2.44. The van der Waals surface area contributed by atoms with Crippen LogP contribution in [0.1, 0.15) is 0 Å². The molecule has 1 aliphatic rings. The van der Waals surface area contributed by atoms with Gasteiger partial charge in [0.15, 0.2) is 0 Å². The fourth-order valence-electron chi connectivity index (χ4n) is 2.25.